The molecule has 2 aliphatic rings. The first-order chi connectivity index (χ1) is 9.08. The van der Waals surface area contributed by atoms with Crippen molar-refractivity contribution in [2.75, 3.05) is 18.4 Å². The van der Waals surface area contributed by atoms with Crippen LogP contribution < -0.4 is 5.32 Å². The fourth-order valence-electron chi connectivity index (χ4n) is 2.42. The molecule has 1 aliphatic carbocycles. The quantitative estimate of drug-likeness (QED) is 0.849. The van der Waals surface area contributed by atoms with Crippen molar-refractivity contribution in [1.82, 2.24) is 4.90 Å². The molecule has 3 rings (SSSR count). The van der Waals surface area contributed by atoms with E-state index < -0.39 is 23.4 Å². The largest absolute Gasteiger partial charge is 0.380 e. The minimum Gasteiger partial charge on any atom is -0.380 e. The van der Waals surface area contributed by atoms with Crippen LogP contribution in [0.2, 0.25) is 0 Å². The highest BCUT2D eigenvalue weighted by atomic mass is 19.1. The zero-order valence-corrected chi connectivity index (χ0v) is 10.1. The number of hydrogen-bond acceptors (Lipinski definition) is 3. The maximum atomic E-state index is 13.4. The van der Waals surface area contributed by atoms with Crippen molar-refractivity contribution in [3.8, 4) is 0 Å². The summed E-state index contributed by atoms with van der Waals surface area (Å²) in [6, 6.07) is 2.30. The molecule has 0 spiro atoms. The zero-order chi connectivity index (χ0) is 13.6. The number of likely N-dealkylation sites (tertiary alicyclic amines) is 1. The second-order valence-electron chi connectivity index (χ2n) is 5.09. The SMILES string of the molecule is O=Cc1c(F)cc(NC2CN(C3CC3F)C2)cc1F. The van der Waals surface area contributed by atoms with Gasteiger partial charge in [0.25, 0.3) is 0 Å². The van der Waals surface area contributed by atoms with Crippen molar-refractivity contribution in [1.29, 1.82) is 0 Å². The van der Waals surface area contributed by atoms with E-state index in [0.717, 1.165) is 12.1 Å². The number of carbonyl (C=O) groups is 1. The molecule has 102 valence electrons. The van der Waals surface area contributed by atoms with Gasteiger partial charge in [0.05, 0.1) is 11.6 Å². The van der Waals surface area contributed by atoms with E-state index in [9.17, 15) is 18.0 Å². The Balaban J connectivity index is 1.60. The average molecular weight is 270 g/mol. The molecule has 2 fully saturated rings. The van der Waals surface area contributed by atoms with Crippen molar-refractivity contribution in [2.24, 2.45) is 0 Å². The van der Waals surface area contributed by atoms with Gasteiger partial charge in [0.2, 0.25) is 0 Å². The van der Waals surface area contributed by atoms with Crippen molar-refractivity contribution < 1.29 is 18.0 Å². The first-order valence-corrected chi connectivity index (χ1v) is 6.17. The molecular formula is C13H13F3N2O. The van der Waals surface area contributed by atoms with E-state index >= 15 is 0 Å². The predicted molar refractivity (Wildman–Crippen MR) is 64.0 cm³/mol. The molecule has 1 saturated carbocycles. The maximum absolute atomic E-state index is 13.4. The molecule has 1 saturated heterocycles. The summed E-state index contributed by atoms with van der Waals surface area (Å²) in [5, 5.41) is 2.98. The Morgan fingerprint density at radius 1 is 1.26 bits per heavy atom. The Morgan fingerprint density at radius 3 is 2.32 bits per heavy atom. The molecule has 1 aliphatic heterocycles. The summed E-state index contributed by atoms with van der Waals surface area (Å²) in [7, 11) is 0. The first kappa shape index (κ1) is 12.5. The van der Waals surface area contributed by atoms with Crippen LogP contribution in [-0.4, -0.2) is 42.5 Å². The molecular weight excluding hydrogens is 257 g/mol. The number of aldehydes is 1. The number of carbonyl (C=O) groups excluding carboxylic acids is 1. The molecule has 6 heteroatoms. The van der Waals surface area contributed by atoms with E-state index in [1.165, 1.54) is 0 Å². The number of rotatable bonds is 4. The van der Waals surface area contributed by atoms with Gasteiger partial charge in [-0.05, 0) is 18.6 Å². The number of nitrogens with zero attached hydrogens (tertiary/aromatic N) is 1. The van der Waals surface area contributed by atoms with Crippen molar-refractivity contribution in [3.05, 3.63) is 29.3 Å². The normalized spacial score (nSPS) is 26.9. The molecule has 0 aromatic heterocycles. The Bertz CT molecular complexity index is 494. The van der Waals surface area contributed by atoms with Crippen LogP contribution in [-0.2, 0) is 0 Å². The van der Waals surface area contributed by atoms with Gasteiger partial charge in [-0.3, -0.25) is 9.69 Å². The highest BCUT2D eigenvalue weighted by Gasteiger charge is 2.46. The van der Waals surface area contributed by atoms with E-state index in [2.05, 4.69) is 5.32 Å². The van der Waals surface area contributed by atoms with E-state index in [0.29, 0.717) is 25.2 Å². The predicted octanol–water partition coefficient (Wildman–Crippen LogP) is 1.98. The summed E-state index contributed by atoms with van der Waals surface area (Å²) in [5.74, 6) is -1.75. The van der Waals surface area contributed by atoms with E-state index in [1.807, 2.05) is 4.90 Å². The number of anilines is 1. The van der Waals surface area contributed by atoms with Crippen LogP contribution in [0.15, 0.2) is 12.1 Å². The fraction of sp³-hybridized carbons (Fsp3) is 0.462. The van der Waals surface area contributed by atoms with Crippen molar-refractivity contribution in [2.45, 2.75) is 24.7 Å². The number of hydrogen-bond donors (Lipinski definition) is 1. The minimum absolute atomic E-state index is 0.0314. The molecule has 1 aromatic rings. The number of alkyl halides is 1. The van der Waals surface area contributed by atoms with Gasteiger partial charge in [0.15, 0.2) is 6.29 Å². The number of nitrogens with one attached hydrogen (secondary N) is 1. The van der Waals surface area contributed by atoms with Gasteiger partial charge >= 0.3 is 0 Å². The number of halogens is 3. The Labute approximate surface area is 108 Å². The smallest absolute Gasteiger partial charge is 0.155 e. The summed E-state index contributed by atoms with van der Waals surface area (Å²) in [6.45, 7) is 1.34. The molecule has 0 amide bonds. The van der Waals surface area contributed by atoms with Gasteiger partial charge < -0.3 is 5.32 Å². The second kappa shape index (κ2) is 4.52. The molecule has 1 N–H and O–H groups in total. The highest BCUT2D eigenvalue weighted by molar-refractivity contribution is 5.76. The summed E-state index contributed by atoms with van der Waals surface area (Å²) in [5.41, 5.74) is -0.253. The molecule has 2 unspecified atom stereocenters. The fourth-order valence-corrected chi connectivity index (χ4v) is 2.42. The van der Waals surface area contributed by atoms with Gasteiger partial charge in [-0.1, -0.05) is 0 Å². The van der Waals surface area contributed by atoms with Gasteiger partial charge in [-0.15, -0.1) is 0 Å². The summed E-state index contributed by atoms with van der Waals surface area (Å²) >= 11 is 0. The average Bonchev–Trinajstić information content (AvgIpc) is 2.99. The Hall–Kier alpha value is -1.56. The molecule has 19 heavy (non-hydrogen) atoms. The molecule has 0 radical (unpaired) electrons. The topological polar surface area (TPSA) is 32.3 Å². The lowest BCUT2D eigenvalue weighted by Gasteiger charge is -2.40. The van der Waals surface area contributed by atoms with Crippen molar-refractivity contribution in [3.63, 3.8) is 0 Å². The summed E-state index contributed by atoms with van der Waals surface area (Å²) in [4.78, 5) is 12.5. The van der Waals surface area contributed by atoms with Crippen LogP contribution in [0.5, 0.6) is 0 Å². The van der Waals surface area contributed by atoms with Crippen LogP contribution in [0.25, 0.3) is 0 Å². The van der Waals surface area contributed by atoms with Crippen LogP contribution in [0.1, 0.15) is 16.8 Å². The van der Waals surface area contributed by atoms with Crippen molar-refractivity contribution >= 4 is 12.0 Å². The number of benzene rings is 1. The molecule has 0 bridgehead atoms. The van der Waals surface area contributed by atoms with Gasteiger partial charge in [-0.2, -0.15) is 0 Å². The van der Waals surface area contributed by atoms with Crippen LogP contribution in [0, 0.1) is 11.6 Å². The van der Waals surface area contributed by atoms with Gasteiger partial charge in [0.1, 0.15) is 17.8 Å². The molecule has 3 nitrogen and oxygen atoms in total. The van der Waals surface area contributed by atoms with Gasteiger partial charge in [0, 0.05) is 24.8 Å². The van der Waals surface area contributed by atoms with E-state index in [-0.39, 0.29) is 18.4 Å². The Kier molecular flexibility index (Phi) is 2.97. The minimum atomic E-state index is -0.875. The van der Waals surface area contributed by atoms with Crippen LogP contribution in [0.4, 0.5) is 18.9 Å². The lowest BCUT2D eigenvalue weighted by Crippen LogP contribution is -2.56. The third-order valence-electron chi connectivity index (χ3n) is 3.63. The lowest BCUT2D eigenvalue weighted by molar-refractivity contribution is 0.111. The van der Waals surface area contributed by atoms with Crippen LogP contribution >= 0.6 is 0 Å². The molecule has 1 aromatic carbocycles. The highest BCUT2D eigenvalue weighted by Crippen LogP contribution is 2.35. The molecule has 2 atom stereocenters. The third-order valence-corrected chi connectivity index (χ3v) is 3.63. The zero-order valence-electron chi connectivity index (χ0n) is 10.1. The Morgan fingerprint density at radius 2 is 1.84 bits per heavy atom. The summed E-state index contributed by atoms with van der Waals surface area (Å²) < 4.78 is 39.6. The molecule has 1 heterocycles. The standard InChI is InChI=1S/C13H13F3N2O/c14-10-1-7(2-11(15)9(10)6-19)17-8-4-18(5-8)13-3-12(13)16/h1-2,6,8,12-13,17H,3-5H2. The van der Waals surface area contributed by atoms with E-state index in [1.54, 1.807) is 0 Å². The third kappa shape index (κ3) is 2.32. The summed E-state index contributed by atoms with van der Waals surface area (Å²) in [6.07, 6.45) is 0.0283. The van der Waals surface area contributed by atoms with Gasteiger partial charge in [-0.25, -0.2) is 13.2 Å². The first-order valence-electron chi connectivity index (χ1n) is 6.17. The maximum Gasteiger partial charge on any atom is 0.155 e. The van der Waals surface area contributed by atoms with E-state index in [4.69, 9.17) is 0 Å². The monoisotopic (exact) mass is 270 g/mol. The second-order valence-corrected chi connectivity index (χ2v) is 5.09. The van der Waals surface area contributed by atoms with Crippen LogP contribution in [0.3, 0.4) is 0 Å². The lowest BCUT2D eigenvalue weighted by atomic mass is 10.1.